The summed E-state index contributed by atoms with van der Waals surface area (Å²) in [6.07, 6.45) is 0. The molecule has 7 heteroatoms. The normalized spacial score (nSPS) is 21.0. The maximum absolute atomic E-state index is 12.2. The quantitative estimate of drug-likeness (QED) is 0.580. The average molecular weight is 291 g/mol. The van der Waals surface area contributed by atoms with Gasteiger partial charge in [0.25, 0.3) is 0 Å². The third-order valence-corrected chi connectivity index (χ3v) is 3.48. The molecule has 1 aliphatic rings. The fourth-order valence-corrected chi connectivity index (χ4v) is 2.11. The SMILES string of the molecule is CC(NC(=O)C1CNC(=O)CN1)(C(=O)O)c1ccccc1. The van der Waals surface area contributed by atoms with Crippen LogP contribution in [0, 0.1) is 0 Å². The Morgan fingerprint density at radius 3 is 2.52 bits per heavy atom. The second-order valence-corrected chi connectivity index (χ2v) is 5.02. The Morgan fingerprint density at radius 2 is 2.00 bits per heavy atom. The zero-order valence-electron chi connectivity index (χ0n) is 11.6. The fourth-order valence-electron chi connectivity index (χ4n) is 2.11. The van der Waals surface area contributed by atoms with Gasteiger partial charge in [0.2, 0.25) is 11.8 Å². The molecule has 0 aliphatic carbocycles. The molecule has 2 amide bonds. The van der Waals surface area contributed by atoms with Crippen molar-refractivity contribution in [3.05, 3.63) is 35.9 Å². The number of carbonyl (C=O) groups is 3. The number of carboxylic acids is 1. The van der Waals surface area contributed by atoms with Crippen LogP contribution in [0.4, 0.5) is 0 Å². The number of carbonyl (C=O) groups excluding carboxylic acids is 2. The molecule has 112 valence electrons. The first-order chi connectivity index (χ1) is 9.93. The van der Waals surface area contributed by atoms with Crippen LogP contribution in [0.3, 0.4) is 0 Å². The second-order valence-electron chi connectivity index (χ2n) is 5.02. The number of nitrogens with one attached hydrogen (secondary N) is 3. The number of aliphatic carboxylic acids is 1. The Labute approximate surface area is 121 Å². The summed E-state index contributed by atoms with van der Waals surface area (Å²) in [5, 5.41) is 17.3. The average Bonchev–Trinajstić information content (AvgIpc) is 2.48. The van der Waals surface area contributed by atoms with Gasteiger partial charge in [0.05, 0.1) is 6.54 Å². The van der Waals surface area contributed by atoms with Gasteiger partial charge >= 0.3 is 5.97 Å². The Kier molecular flexibility index (Phi) is 4.23. The third-order valence-electron chi connectivity index (χ3n) is 3.48. The number of carboxylic acid groups (broad SMARTS) is 1. The highest BCUT2D eigenvalue weighted by Gasteiger charge is 2.38. The molecule has 1 heterocycles. The highest BCUT2D eigenvalue weighted by atomic mass is 16.4. The van der Waals surface area contributed by atoms with E-state index in [2.05, 4.69) is 16.0 Å². The minimum absolute atomic E-state index is 0.0349. The van der Waals surface area contributed by atoms with Crippen molar-refractivity contribution in [1.82, 2.24) is 16.0 Å². The molecule has 4 N–H and O–H groups in total. The Bertz CT molecular complexity index is 551. The highest BCUT2D eigenvalue weighted by molar-refractivity contribution is 5.91. The van der Waals surface area contributed by atoms with Crippen molar-refractivity contribution in [1.29, 1.82) is 0 Å². The lowest BCUT2D eigenvalue weighted by Crippen LogP contribution is -2.61. The summed E-state index contributed by atoms with van der Waals surface area (Å²) in [6, 6.07) is 7.83. The smallest absolute Gasteiger partial charge is 0.333 e. The maximum Gasteiger partial charge on any atom is 0.333 e. The van der Waals surface area contributed by atoms with E-state index in [0.717, 1.165) is 0 Å². The van der Waals surface area contributed by atoms with Crippen LogP contribution in [0.5, 0.6) is 0 Å². The van der Waals surface area contributed by atoms with Gasteiger partial charge in [-0.05, 0) is 12.5 Å². The van der Waals surface area contributed by atoms with Crippen molar-refractivity contribution < 1.29 is 19.5 Å². The molecule has 1 aliphatic heterocycles. The van der Waals surface area contributed by atoms with Crippen molar-refractivity contribution in [2.24, 2.45) is 0 Å². The minimum atomic E-state index is -1.53. The highest BCUT2D eigenvalue weighted by Crippen LogP contribution is 2.21. The predicted octanol–water partition coefficient (Wildman–Crippen LogP) is -0.809. The van der Waals surface area contributed by atoms with Gasteiger partial charge in [-0.15, -0.1) is 0 Å². The molecule has 1 aromatic carbocycles. The molecular formula is C14H17N3O4. The zero-order valence-corrected chi connectivity index (χ0v) is 11.6. The van der Waals surface area contributed by atoms with Crippen LogP contribution >= 0.6 is 0 Å². The number of rotatable bonds is 4. The summed E-state index contributed by atoms with van der Waals surface area (Å²) in [4.78, 5) is 34.8. The second kappa shape index (κ2) is 5.92. The molecule has 1 fully saturated rings. The van der Waals surface area contributed by atoms with Gasteiger partial charge in [-0.1, -0.05) is 30.3 Å². The first-order valence-corrected chi connectivity index (χ1v) is 6.54. The molecule has 0 bridgehead atoms. The van der Waals surface area contributed by atoms with Crippen molar-refractivity contribution in [3.63, 3.8) is 0 Å². The van der Waals surface area contributed by atoms with Crippen LogP contribution < -0.4 is 16.0 Å². The maximum atomic E-state index is 12.2. The van der Waals surface area contributed by atoms with Crippen molar-refractivity contribution >= 4 is 17.8 Å². The van der Waals surface area contributed by atoms with Gasteiger partial charge in [0.1, 0.15) is 6.04 Å². The molecule has 2 rings (SSSR count). The van der Waals surface area contributed by atoms with Crippen LogP contribution in [0.2, 0.25) is 0 Å². The molecular weight excluding hydrogens is 274 g/mol. The lowest BCUT2D eigenvalue weighted by Gasteiger charge is -2.30. The lowest BCUT2D eigenvalue weighted by atomic mass is 9.91. The van der Waals surface area contributed by atoms with Gasteiger partial charge in [0.15, 0.2) is 5.54 Å². The van der Waals surface area contributed by atoms with Crippen LogP contribution in [0.1, 0.15) is 12.5 Å². The molecule has 1 aromatic rings. The van der Waals surface area contributed by atoms with Gasteiger partial charge in [-0.3, -0.25) is 14.9 Å². The summed E-state index contributed by atoms with van der Waals surface area (Å²) in [6.45, 7) is 1.60. The number of amides is 2. The van der Waals surface area contributed by atoms with E-state index in [1.54, 1.807) is 30.3 Å². The Morgan fingerprint density at radius 1 is 1.33 bits per heavy atom. The van der Waals surface area contributed by atoms with Gasteiger partial charge in [-0.25, -0.2) is 4.79 Å². The number of benzene rings is 1. The van der Waals surface area contributed by atoms with E-state index >= 15 is 0 Å². The fraction of sp³-hybridized carbons (Fsp3) is 0.357. The van der Waals surface area contributed by atoms with E-state index in [-0.39, 0.29) is 19.0 Å². The number of piperazine rings is 1. The van der Waals surface area contributed by atoms with Crippen molar-refractivity contribution in [2.45, 2.75) is 18.5 Å². The van der Waals surface area contributed by atoms with E-state index in [4.69, 9.17) is 0 Å². The van der Waals surface area contributed by atoms with Crippen molar-refractivity contribution in [2.75, 3.05) is 13.1 Å². The molecule has 21 heavy (non-hydrogen) atoms. The zero-order chi connectivity index (χ0) is 15.5. The van der Waals surface area contributed by atoms with Crippen LogP contribution in [0.25, 0.3) is 0 Å². The monoisotopic (exact) mass is 291 g/mol. The summed E-state index contributed by atoms with van der Waals surface area (Å²) in [5.74, 6) is -1.81. The van der Waals surface area contributed by atoms with Crippen LogP contribution in [0.15, 0.2) is 30.3 Å². The third kappa shape index (κ3) is 3.19. The molecule has 0 saturated carbocycles. The summed E-state index contributed by atoms with van der Waals surface area (Å²) < 4.78 is 0. The summed E-state index contributed by atoms with van der Waals surface area (Å²) >= 11 is 0. The van der Waals surface area contributed by atoms with E-state index in [9.17, 15) is 19.5 Å². The van der Waals surface area contributed by atoms with Crippen molar-refractivity contribution in [3.8, 4) is 0 Å². The molecule has 2 atom stereocenters. The standard InChI is InChI=1S/C14H17N3O4/c1-14(13(20)21,9-5-3-2-4-6-9)17-12(19)10-7-16-11(18)8-15-10/h2-6,10,15H,7-8H2,1H3,(H,16,18)(H,17,19)(H,20,21). The van der Waals surface area contributed by atoms with E-state index in [1.165, 1.54) is 6.92 Å². The molecule has 0 radical (unpaired) electrons. The summed E-state index contributed by atoms with van der Waals surface area (Å²) in [7, 11) is 0. The number of hydrogen-bond donors (Lipinski definition) is 4. The first-order valence-electron chi connectivity index (χ1n) is 6.54. The summed E-state index contributed by atoms with van der Waals surface area (Å²) in [5.41, 5.74) is -1.05. The van der Waals surface area contributed by atoms with E-state index in [1.807, 2.05) is 0 Å². The Balaban J connectivity index is 2.15. The van der Waals surface area contributed by atoms with Gasteiger partial charge in [-0.2, -0.15) is 0 Å². The molecule has 0 aromatic heterocycles. The van der Waals surface area contributed by atoms with E-state index < -0.39 is 23.5 Å². The van der Waals surface area contributed by atoms with E-state index in [0.29, 0.717) is 5.56 Å². The van der Waals surface area contributed by atoms with Crippen LogP contribution in [-0.2, 0) is 19.9 Å². The van der Waals surface area contributed by atoms with Gasteiger partial charge < -0.3 is 15.7 Å². The number of hydrogen-bond acceptors (Lipinski definition) is 4. The Hall–Kier alpha value is -2.41. The lowest BCUT2D eigenvalue weighted by molar-refractivity contribution is -0.148. The minimum Gasteiger partial charge on any atom is -0.479 e. The topological polar surface area (TPSA) is 108 Å². The first kappa shape index (κ1) is 15.0. The molecule has 2 unspecified atom stereocenters. The van der Waals surface area contributed by atoms with Gasteiger partial charge in [0, 0.05) is 6.54 Å². The molecule has 0 spiro atoms. The van der Waals surface area contributed by atoms with Crippen LogP contribution in [-0.4, -0.2) is 42.0 Å². The largest absolute Gasteiger partial charge is 0.479 e. The molecule has 1 saturated heterocycles. The molecule has 7 nitrogen and oxygen atoms in total. The predicted molar refractivity (Wildman–Crippen MR) is 74.4 cm³/mol.